The van der Waals surface area contributed by atoms with Gasteiger partial charge in [-0.25, -0.2) is 8.42 Å². The molecule has 1 aliphatic rings. The lowest BCUT2D eigenvalue weighted by atomic mass is 10.3. The maximum Gasteiger partial charge on any atom is 0.252 e. The lowest BCUT2D eigenvalue weighted by Crippen LogP contribution is -2.50. The molecule has 1 N–H and O–H groups in total. The number of sulfonamides is 1. The van der Waals surface area contributed by atoms with Crippen molar-refractivity contribution in [2.24, 2.45) is 0 Å². The molecule has 1 aliphatic heterocycles. The van der Waals surface area contributed by atoms with E-state index in [1.54, 1.807) is 11.0 Å². The Morgan fingerprint density at radius 1 is 1.26 bits per heavy atom. The van der Waals surface area contributed by atoms with Crippen molar-refractivity contribution < 1.29 is 18.0 Å². The molecule has 2 amide bonds. The first-order valence-corrected chi connectivity index (χ1v) is 9.72. The highest BCUT2D eigenvalue weighted by Crippen LogP contribution is 2.28. The van der Waals surface area contributed by atoms with Crippen molar-refractivity contribution in [3.05, 3.63) is 16.5 Å². The minimum atomic E-state index is -3.55. The summed E-state index contributed by atoms with van der Waals surface area (Å²) in [5.41, 5.74) is 0. The summed E-state index contributed by atoms with van der Waals surface area (Å²) in [6, 6.07) is 3.05. The summed E-state index contributed by atoms with van der Waals surface area (Å²) >= 11 is 6.82. The fourth-order valence-electron chi connectivity index (χ4n) is 2.25. The molecule has 0 aliphatic carbocycles. The van der Waals surface area contributed by atoms with Crippen LogP contribution in [0.1, 0.15) is 13.3 Å². The Hall–Kier alpha value is -1.16. The summed E-state index contributed by atoms with van der Waals surface area (Å²) in [6.45, 7) is 2.88. The summed E-state index contributed by atoms with van der Waals surface area (Å²) in [5.74, 6) is -0.265. The Bertz CT molecular complexity index is 681. The first-order chi connectivity index (χ1) is 10.8. The summed E-state index contributed by atoms with van der Waals surface area (Å²) in [7, 11) is -3.55. The highest BCUT2D eigenvalue weighted by Gasteiger charge is 2.30. The Kier molecular flexibility index (Phi) is 6.01. The average Bonchev–Trinajstić information content (AvgIpc) is 2.94. The van der Waals surface area contributed by atoms with Gasteiger partial charge in [-0.05, 0) is 12.1 Å². The van der Waals surface area contributed by atoms with Gasteiger partial charge < -0.3 is 10.2 Å². The van der Waals surface area contributed by atoms with Crippen molar-refractivity contribution in [3.8, 4) is 0 Å². The van der Waals surface area contributed by atoms with E-state index in [1.807, 2.05) is 0 Å². The second kappa shape index (κ2) is 7.61. The fourth-order valence-corrected chi connectivity index (χ4v) is 5.30. The van der Waals surface area contributed by atoms with Crippen molar-refractivity contribution in [2.75, 3.05) is 32.7 Å². The molecule has 2 heterocycles. The van der Waals surface area contributed by atoms with Crippen LogP contribution in [0.5, 0.6) is 0 Å². The Morgan fingerprint density at radius 2 is 1.91 bits per heavy atom. The van der Waals surface area contributed by atoms with Crippen LogP contribution in [0.3, 0.4) is 0 Å². The molecule has 1 saturated heterocycles. The Morgan fingerprint density at radius 3 is 2.43 bits per heavy atom. The number of hydrogen-bond acceptors (Lipinski definition) is 5. The van der Waals surface area contributed by atoms with Crippen LogP contribution in [-0.2, 0) is 19.6 Å². The van der Waals surface area contributed by atoms with Crippen LogP contribution in [0, 0.1) is 0 Å². The number of piperazine rings is 1. The van der Waals surface area contributed by atoms with E-state index in [-0.39, 0.29) is 35.5 Å². The summed E-state index contributed by atoms with van der Waals surface area (Å²) < 4.78 is 26.9. The molecule has 0 radical (unpaired) electrons. The van der Waals surface area contributed by atoms with Crippen LogP contribution in [0.2, 0.25) is 4.34 Å². The summed E-state index contributed by atoms with van der Waals surface area (Å²) in [5, 5.41) is 2.57. The number of thiophene rings is 1. The van der Waals surface area contributed by atoms with E-state index < -0.39 is 10.0 Å². The number of rotatable bonds is 5. The van der Waals surface area contributed by atoms with E-state index in [2.05, 4.69) is 5.32 Å². The molecular weight excluding hydrogens is 362 g/mol. The van der Waals surface area contributed by atoms with Gasteiger partial charge in [0.2, 0.25) is 11.8 Å². The summed E-state index contributed by atoms with van der Waals surface area (Å²) in [4.78, 5) is 24.4. The monoisotopic (exact) mass is 379 g/mol. The average molecular weight is 380 g/mol. The van der Waals surface area contributed by atoms with Crippen LogP contribution in [0.25, 0.3) is 0 Å². The Labute approximate surface area is 144 Å². The van der Waals surface area contributed by atoms with E-state index in [1.165, 1.54) is 17.3 Å². The molecule has 1 aromatic rings. The number of halogens is 1. The van der Waals surface area contributed by atoms with Crippen LogP contribution < -0.4 is 5.32 Å². The number of carbonyl (C=O) groups excluding carboxylic acids is 2. The second-order valence-corrected chi connectivity index (χ2v) is 8.96. The van der Waals surface area contributed by atoms with Gasteiger partial charge >= 0.3 is 0 Å². The number of nitrogens with zero attached hydrogens (tertiary/aromatic N) is 2. The zero-order chi connectivity index (χ0) is 17.0. The standard InChI is InChI=1S/C13H18ClN3O4S2/c1-10(18)15-5-4-12(19)16-6-8-17(9-7-16)23(20,21)13-3-2-11(14)22-13/h2-3H,4-9H2,1H3,(H,15,18). The molecule has 0 bridgehead atoms. The minimum absolute atomic E-state index is 0.0880. The Balaban J connectivity index is 1.88. The topological polar surface area (TPSA) is 86.8 Å². The highest BCUT2D eigenvalue weighted by molar-refractivity contribution is 7.91. The number of amides is 2. The second-order valence-electron chi connectivity index (χ2n) is 5.08. The minimum Gasteiger partial charge on any atom is -0.356 e. The molecule has 1 aromatic heterocycles. The van der Waals surface area contributed by atoms with E-state index in [9.17, 15) is 18.0 Å². The van der Waals surface area contributed by atoms with Crippen molar-refractivity contribution in [1.82, 2.24) is 14.5 Å². The van der Waals surface area contributed by atoms with Gasteiger partial charge in [0.05, 0.1) is 4.34 Å². The van der Waals surface area contributed by atoms with E-state index in [0.29, 0.717) is 24.0 Å². The van der Waals surface area contributed by atoms with Gasteiger partial charge in [0.25, 0.3) is 10.0 Å². The van der Waals surface area contributed by atoms with Gasteiger partial charge in [-0.3, -0.25) is 9.59 Å². The van der Waals surface area contributed by atoms with Gasteiger partial charge in [-0.1, -0.05) is 11.6 Å². The molecule has 10 heteroatoms. The zero-order valence-electron chi connectivity index (χ0n) is 12.6. The molecule has 7 nitrogen and oxygen atoms in total. The van der Waals surface area contributed by atoms with Gasteiger partial charge in [0.1, 0.15) is 4.21 Å². The van der Waals surface area contributed by atoms with E-state index >= 15 is 0 Å². The lowest BCUT2D eigenvalue weighted by molar-refractivity contribution is -0.132. The maximum atomic E-state index is 12.5. The number of nitrogens with one attached hydrogen (secondary N) is 1. The fraction of sp³-hybridized carbons (Fsp3) is 0.538. The number of hydrogen-bond donors (Lipinski definition) is 1. The smallest absolute Gasteiger partial charge is 0.252 e. The van der Waals surface area contributed by atoms with Gasteiger partial charge in [0, 0.05) is 46.1 Å². The SMILES string of the molecule is CC(=O)NCCC(=O)N1CCN(S(=O)(=O)c2ccc(Cl)s2)CC1. The van der Waals surface area contributed by atoms with E-state index in [4.69, 9.17) is 11.6 Å². The first kappa shape index (κ1) is 18.2. The molecule has 0 saturated carbocycles. The first-order valence-electron chi connectivity index (χ1n) is 7.08. The molecule has 128 valence electrons. The molecule has 23 heavy (non-hydrogen) atoms. The van der Waals surface area contributed by atoms with Gasteiger partial charge in [-0.15, -0.1) is 11.3 Å². The molecule has 0 spiro atoms. The largest absolute Gasteiger partial charge is 0.356 e. The zero-order valence-corrected chi connectivity index (χ0v) is 15.0. The van der Waals surface area contributed by atoms with Gasteiger partial charge in [-0.2, -0.15) is 4.31 Å². The van der Waals surface area contributed by atoms with Crippen molar-refractivity contribution >= 4 is 44.8 Å². The van der Waals surface area contributed by atoms with E-state index in [0.717, 1.165) is 11.3 Å². The third-order valence-corrected chi connectivity index (χ3v) is 7.04. The maximum absolute atomic E-state index is 12.5. The normalized spacial score (nSPS) is 16.3. The highest BCUT2D eigenvalue weighted by atomic mass is 35.5. The molecular formula is C13H18ClN3O4S2. The molecule has 2 rings (SSSR count). The third kappa shape index (κ3) is 4.66. The molecule has 0 atom stereocenters. The molecule has 1 fully saturated rings. The molecule has 0 unspecified atom stereocenters. The third-order valence-electron chi connectivity index (χ3n) is 3.45. The predicted octanol–water partition coefficient (Wildman–Crippen LogP) is 0.761. The van der Waals surface area contributed by atoms with Crippen molar-refractivity contribution in [2.45, 2.75) is 17.6 Å². The van der Waals surface area contributed by atoms with Crippen LogP contribution >= 0.6 is 22.9 Å². The predicted molar refractivity (Wildman–Crippen MR) is 88.0 cm³/mol. The summed E-state index contributed by atoms with van der Waals surface area (Å²) in [6.07, 6.45) is 0.215. The lowest BCUT2D eigenvalue weighted by Gasteiger charge is -2.33. The number of carbonyl (C=O) groups is 2. The van der Waals surface area contributed by atoms with Gasteiger partial charge in [0.15, 0.2) is 0 Å². The van der Waals surface area contributed by atoms with Crippen molar-refractivity contribution in [1.29, 1.82) is 0 Å². The van der Waals surface area contributed by atoms with Crippen LogP contribution in [0.15, 0.2) is 16.3 Å². The van der Waals surface area contributed by atoms with Crippen molar-refractivity contribution in [3.63, 3.8) is 0 Å². The molecule has 0 aromatic carbocycles. The van der Waals surface area contributed by atoms with Crippen LogP contribution in [-0.4, -0.2) is 62.2 Å². The quantitative estimate of drug-likeness (QED) is 0.818. The van der Waals surface area contributed by atoms with Crippen LogP contribution in [0.4, 0.5) is 0 Å².